The molecule has 0 N–H and O–H groups in total. The Kier molecular flexibility index (Phi) is 7.11. The predicted molar refractivity (Wildman–Crippen MR) is 235 cm³/mol. The maximum Gasteiger partial charge on any atom is 0.0476 e. The summed E-state index contributed by atoms with van der Waals surface area (Å²) in [5, 5.41) is 12.9. The van der Waals surface area contributed by atoms with Gasteiger partial charge in [-0.05, 0) is 108 Å². The molecule has 0 aliphatic carbocycles. The van der Waals surface area contributed by atoms with Gasteiger partial charge in [0.1, 0.15) is 0 Å². The van der Waals surface area contributed by atoms with Crippen LogP contribution in [0, 0.1) is 0 Å². The predicted octanol–water partition coefficient (Wildman–Crippen LogP) is 15.5. The van der Waals surface area contributed by atoms with Crippen LogP contribution in [0.1, 0.15) is 0 Å². The topological polar surface area (TPSA) is 3.24 Å². The van der Waals surface area contributed by atoms with E-state index in [-0.39, 0.29) is 0 Å². The van der Waals surface area contributed by atoms with Gasteiger partial charge in [0, 0.05) is 37.2 Å². The lowest BCUT2D eigenvalue weighted by molar-refractivity contribution is 1.29. The highest BCUT2D eigenvalue weighted by atomic mass is 32.1. The number of thiophene rings is 1. The van der Waals surface area contributed by atoms with E-state index in [1.807, 2.05) is 11.3 Å². The molecule has 0 saturated heterocycles. The van der Waals surface area contributed by atoms with Crippen molar-refractivity contribution in [3.63, 3.8) is 0 Å². The summed E-state index contributed by atoms with van der Waals surface area (Å²) in [6.45, 7) is 0. The second-order valence-corrected chi connectivity index (χ2v) is 15.2. The minimum Gasteiger partial charge on any atom is -0.310 e. The minimum absolute atomic E-state index is 1.12. The third kappa shape index (κ3) is 4.99. The van der Waals surface area contributed by atoms with Gasteiger partial charge in [0.2, 0.25) is 0 Å². The molecule has 0 amide bonds. The van der Waals surface area contributed by atoms with Crippen LogP contribution < -0.4 is 4.90 Å². The Bertz CT molecular complexity index is 3200. The van der Waals surface area contributed by atoms with E-state index >= 15 is 0 Å². The van der Waals surface area contributed by atoms with Gasteiger partial charge in [-0.2, -0.15) is 0 Å². The van der Waals surface area contributed by atoms with Gasteiger partial charge in [-0.3, -0.25) is 0 Å². The van der Waals surface area contributed by atoms with Gasteiger partial charge in [0.15, 0.2) is 0 Å². The number of anilines is 3. The summed E-state index contributed by atoms with van der Waals surface area (Å²) >= 11 is 1.89. The van der Waals surface area contributed by atoms with Crippen molar-refractivity contribution >= 4 is 91.7 Å². The maximum atomic E-state index is 2.41. The van der Waals surface area contributed by atoms with Crippen molar-refractivity contribution in [3.05, 3.63) is 200 Å². The van der Waals surface area contributed by atoms with Crippen molar-refractivity contribution in [2.24, 2.45) is 0 Å². The Hall–Kier alpha value is -6.74. The number of hydrogen-bond acceptors (Lipinski definition) is 2. The molecule has 0 radical (unpaired) electrons. The summed E-state index contributed by atoms with van der Waals surface area (Å²) in [5.74, 6) is 0. The van der Waals surface area contributed by atoms with Gasteiger partial charge in [-0.15, -0.1) is 11.3 Å². The minimum atomic E-state index is 1.12. The first kappa shape index (κ1) is 30.8. The Morgan fingerprint density at radius 3 is 1.70 bits per heavy atom. The van der Waals surface area contributed by atoms with Crippen molar-refractivity contribution < 1.29 is 0 Å². The van der Waals surface area contributed by atoms with E-state index in [4.69, 9.17) is 0 Å². The van der Waals surface area contributed by atoms with E-state index in [1.165, 1.54) is 85.5 Å². The molecule has 0 bridgehead atoms. The molecular formula is C52H33NS. The third-order valence-corrected chi connectivity index (χ3v) is 12.2. The molecule has 54 heavy (non-hydrogen) atoms. The highest BCUT2D eigenvalue weighted by molar-refractivity contribution is 7.26. The molecule has 2 heteroatoms. The molecule has 0 aliphatic rings. The average molecular weight is 704 g/mol. The van der Waals surface area contributed by atoms with Crippen molar-refractivity contribution in [1.82, 2.24) is 0 Å². The molecule has 1 aromatic heterocycles. The van der Waals surface area contributed by atoms with E-state index in [9.17, 15) is 0 Å². The molecular weight excluding hydrogens is 671 g/mol. The standard InChI is InChI=1S/C52H33NS/c1-2-11-34(12-3-1)38-16-10-17-41(31-38)53(42-27-30-46-48-29-24-36-14-5-9-20-45(36)52(48)54-50(46)33-42)40-25-21-37(22-26-40)49-32-39-15-6-8-19-44(39)51-43-18-7-4-13-35(43)23-28-47(49)51/h1-33H. The van der Waals surface area contributed by atoms with Crippen LogP contribution in [0.15, 0.2) is 200 Å². The van der Waals surface area contributed by atoms with Crippen molar-refractivity contribution in [2.75, 3.05) is 4.90 Å². The number of fused-ring (bicyclic) bond motifs is 10. The third-order valence-electron chi connectivity index (χ3n) is 11.0. The fraction of sp³-hybridized carbons (Fsp3) is 0. The lowest BCUT2D eigenvalue weighted by atomic mass is 9.90. The summed E-state index contributed by atoms with van der Waals surface area (Å²) in [4.78, 5) is 2.41. The smallest absolute Gasteiger partial charge is 0.0476 e. The van der Waals surface area contributed by atoms with Gasteiger partial charge in [-0.1, -0.05) is 158 Å². The van der Waals surface area contributed by atoms with Crippen LogP contribution in [0.3, 0.4) is 0 Å². The Labute approximate surface area is 317 Å². The molecule has 0 spiro atoms. The summed E-state index contributed by atoms with van der Waals surface area (Å²) in [6, 6.07) is 73.4. The lowest BCUT2D eigenvalue weighted by Gasteiger charge is -2.26. The SMILES string of the molecule is c1ccc(-c2cccc(N(c3ccc(-c4cc5ccccc5c5c4ccc4ccccc45)cc3)c3ccc4c(c3)sc3c5ccccc5ccc43)c2)cc1. The summed E-state index contributed by atoms with van der Waals surface area (Å²) in [6.07, 6.45) is 0. The van der Waals surface area contributed by atoms with Crippen LogP contribution >= 0.6 is 11.3 Å². The quantitative estimate of drug-likeness (QED) is 0.161. The zero-order valence-corrected chi connectivity index (χ0v) is 30.2. The molecule has 0 aliphatic heterocycles. The van der Waals surface area contributed by atoms with Gasteiger partial charge in [-0.25, -0.2) is 0 Å². The van der Waals surface area contributed by atoms with Crippen LogP contribution in [-0.4, -0.2) is 0 Å². The molecule has 11 rings (SSSR count). The van der Waals surface area contributed by atoms with Crippen LogP contribution in [0.2, 0.25) is 0 Å². The zero-order valence-electron chi connectivity index (χ0n) is 29.4. The average Bonchev–Trinajstić information content (AvgIpc) is 3.62. The summed E-state index contributed by atoms with van der Waals surface area (Å²) in [7, 11) is 0. The second kappa shape index (κ2) is 12.4. The first-order valence-electron chi connectivity index (χ1n) is 18.5. The van der Waals surface area contributed by atoms with Gasteiger partial charge < -0.3 is 4.90 Å². The normalized spacial score (nSPS) is 11.7. The molecule has 0 saturated carbocycles. The first-order chi connectivity index (χ1) is 26.8. The molecule has 1 heterocycles. The summed E-state index contributed by atoms with van der Waals surface area (Å²) in [5.41, 5.74) is 8.23. The number of rotatable bonds is 5. The summed E-state index contributed by atoms with van der Waals surface area (Å²) < 4.78 is 2.63. The van der Waals surface area contributed by atoms with Crippen LogP contribution in [0.5, 0.6) is 0 Å². The van der Waals surface area contributed by atoms with Crippen LogP contribution in [0.25, 0.3) is 85.5 Å². The van der Waals surface area contributed by atoms with E-state index in [0.29, 0.717) is 0 Å². The molecule has 11 aromatic rings. The van der Waals surface area contributed by atoms with E-state index in [0.717, 1.165) is 17.1 Å². The second-order valence-electron chi connectivity index (χ2n) is 14.1. The number of nitrogens with zero attached hydrogens (tertiary/aromatic N) is 1. The molecule has 252 valence electrons. The molecule has 0 fully saturated rings. The number of benzene rings is 10. The molecule has 1 nitrogen and oxygen atoms in total. The van der Waals surface area contributed by atoms with Crippen LogP contribution in [-0.2, 0) is 0 Å². The van der Waals surface area contributed by atoms with Gasteiger partial charge in [0.25, 0.3) is 0 Å². The Morgan fingerprint density at radius 2 is 0.907 bits per heavy atom. The fourth-order valence-electron chi connectivity index (χ4n) is 8.43. The highest BCUT2D eigenvalue weighted by Gasteiger charge is 2.18. The highest BCUT2D eigenvalue weighted by Crippen LogP contribution is 2.44. The molecule has 10 aromatic carbocycles. The fourth-order valence-corrected chi connectivity index (χ4v) is 9.70. The number of hydrogen-bond donors (Lipinski definition) is 0. The van der Waals surface area contributed by atoms with E-state index in [2.05, 4.69) is 205 Å². The van der Waals surface area contributed by atoms with Crippen molar-refractivity contribution in [1.29, 1.82) is 0 Å². The van der Waals surface area contributed by atoms with Crippen molar-refractivity contribution in [2.45, 2.75) is 0 Å². The largest absolute Gasteiger partial charge is 0.310 e. The molecule has 0 atom stereocenters. The Morgan fingerprint density at radius 1 is 0.315 bits per heavy atom. The monoisotopic (exact) mass is 703 g/mol. The van der Waals surface area contributed by atoms with Crippen molar-refractivity contribution in [3.8, 4) is 22.3 Å². The van der Waals surface area contributed by atoms with Crippen LogP contribution in [0.4, 0.5) is 17.1 Å². The van der Waals surface area contributed by atoms with Gasteiger partial charge >= 0.3 is 0 Å². The zero-order chi connectivity index (χ0) is 35.6. The van der Waals surface area contributed by atoms with E-state index < -0.39 is 0 Å². The first-order valence-corrected chi connectivity index (χ1v) is 19.3. The maximum absolute atomic E-state index is 2.41. The lowest BCUT2D eigenvalue weighted by Crippen LogP contribution is -2.10. The molecule has 0 unspecified atom stereocenters. The Balaban J connectivity index is 1.09. The van der Waals surface area contributed by atoms with E-state index in [1.54, 1.807) is 0 Å². The van der Waals surface area contributed by atoms with Gasteiger partial charge in [0.05, 0.1) is 0 Å².